The topological polar surface area (TPSA) is 12.0 Å². The van der Waals surface area contributed by atoms with E-state index in [9.17, 15) is 0 Å². The van der Waals surface area contributed by atoms with Crippen molar-refractivity contribution in [3.05, 3.63) is 47.5 Å². The Morgan fingerprint density at radius 2 is 1.83 bits per heavy atom. The first kappa shape index (κ1) is 11.7. The molecule has 1 heterocycles. The summed E-state index contributed by atoms with van der Waals surface area (Å²) in [5, 5.41) is 6.48. The van der Waals surface area contributed by atoms with Gasteiger partial charge < -0.3 is 5.32 Å². The Bertz CT molecular complexity index is 578. The van der Waals surface area contributed by atoms with E-state index in [1.165, 1.54) is 16.3 Å². The van der Waals surface area contributed by atoms with E-state index >= 15 is 0 Å². The maximum Gasteiger partial charge on any atom is 0.0372 e. The molecule has 0 amide bonds. The van der Waals surface area contributed by atoms with E-state index in [1.807, 2.05) is 0 Å². The number of hydrogen-bond donors (Lipinski definition) is 1. The van der Waals surface area contributed by atoms with Crippen LogP contribution in [0.15, 0.2) is 36.4 Å². The van der Waals surface area contributed by atoms with Gasteiger partial charge >= 0.3 is 0 Å². The van der Waals surface area contributed by atoms with Gasteiger partial charge in [0.15, 0.2) is 0 Å². The SMILES string of the molecule is CC(C)(C)C1NCCc2c1ccc1ccccc21. The summed E-state index contributed by atoms with van der Waals surface area (Å²) in [5.74, 6) is 0. The van der Waals surface area contributed by atoms with Crippen LogP contribution < -0.4 is 5.32 Å². The van der Waals surface area contributed by atoms with E-state index in [-0.39, 0.29) is 5.41 Å². The summed E-state index contributed by atoms with van der Waals surface area (Å²) in [7, 11) is 0. The first-order chi connectivity index (χ1) is 8.57. The lowest BCUT2D eigenvalue weighted by molar-refractivity contribution is 0.264. The van der Waals surface area contributed by atoms with Crippen LogP contribution in [0.1, 0.15) is 37.9 Å². The van der Waals surface area contributed by atoms with Gasteiger partial charge in [-0.1, -0.05) is 57.2 Å². The summed E-state index contributed by atoms with van der Waals surface area (Å²) in [4.78, 5) is 0. The van der Waals surface area contributed by atoms with Gasteiger partial charge in [0.25, 0.3) is 0 Å². The highest BCUT2D eigenvalue weighted by Gasteiger charge is 2.30. The molecule has 2 aromatic carbocycles. The van der Waals surface area contributed by atoms with E-state index in [1.54, 1.807) is 5.56 Å². The Balaban J connectivity index is 2.22. The highest BCUT2D eigenvalue weighted by atomic mass is 14.9. The minimum atomic E-state index is 0.262. The number of fused-ring (bicyclic) bond motifs is 3. The highest BCUT2D eigenvalue weighted by Crippen LogP contribution is 2.39. The van der Waals surface area contributed by atoms with Crippen LogP contribution in [-0.4, -0.2) is 6.54 Å². The van der Waals surface area contributed by atoms with E-state index < -0.39 is 0 Å². The van der Waals surface area contributed by atoms with Crippen molar-refractivity contribution in [2.75, 3.05) is 6.54 Å². The van der Waals surface area contributed by atoms with Gasteiger partial charge in [-0.2, -0.15) is 0 Å². The maximum absolute atomic E-state index is 3.68. The van der Waals surface area contributed by atoms with Crippen molar-refractivity contribution in [2.45, 2.75) is 33.2 Å². The van der Waals surface area contributed by atoms with Crippen molar-refractivity contribution in [1.29, 1.82) is 0 Å². The second-order valence-electron chi connectivity index (χ2n) is 6.36. The minimum Gasteiger partial charge on any atom is -0.309 e. The normalized spacial score (nSPS) is 19.8. The quantitative estimate of drug-likeness (QED) is 0.730. The number of benzene rings is 2. The molecule has 0 radical (unpaired) electrons. The van der Waals surface area contributed by atoms with Gasteiger partial charge in [-0.25, -0.2) is 0 Å². The molecule has 1 aliphatic heterocycles. The Kier molecular flexibility index (Phi) is 2.67. The minimum absolute atomic E-state index is 0.262. The lowest BCUT2D eigenvalue weighted by Crippen LogP contribution is -2.37. The lowest BCUT2D eigenvalue weighted by Gasteiger charge is -2.37. The fourth-order valence-electron chi connectivity index (χ4n) is 3.13. The predicted octanol–water partition coefficient (Wildman–Crippen LogP) is 4.07. The van der Waals surface area contributed by atoms with E-state index in [0.29, 0.717) is 6.04 Å². The molecule has 1 atom stereocenters. The molecule has 1 N–H and O–H groups in total. The van der Waals surface area contributed by atoms with Crippen LogP contribution in [0.3, 0.4) is 0 Å². The molecule has 0 fully saturated rings. The van der Waals surface area contributed by atoms with Gasteiger partial charge in [0.05, 0.1) is 0 Å². The summed E-state index contributed by atoms with van der Waals surface area (Å²) in [6.07, 6.45) is 1.14. The molecule has 1 unspecified atom stereocenters. The molecule has 3 rings (SSSR count). The third-order valence-corrected chi connectivity index (χ3v) is 3.98. The Morgan fingerprint density at radius 3 is 2.61 bits per heavy atom. The second-order valence-corrected chi connectivity index (χ2v) is 6.36. The number of hydrogen-bond acceptors (Lipinski definition) is 1. The van der Waals surface area contributed by atoms with Crippen LogP contribution >= 0.6 is 0 Å². The van der Waals surface area contributed by atoms with E-state index in [0.717, 1.165) is 13.0 Å². The fourth-order valence-corrected chi connectivity index (χ4v) is 3.13. The monoisotopic (exact) mass is 239 g/mol. The molecule has 0 saturated carbocycles. The van der Waals surface area contributed by atoms with E-state index in [2.05, 4.69) is 62.5 Å². The average Bonchev–Trinajstić information content (AvgIpc) is 2.36. The largest absolute Gasteiger partial charge is 0.309 e. The Morgan fingerprint density at radius 1 is 1.06 bits per heavy atom. The molecule has 0 bridgehead atoms. The molecule has 18 heavy (non-hydrogen) atoms. The zero-order chi connectivity index (χ0) is 12.8. The summed E-state index contributed by atoms with van der Waals surface area (Å²) in [6, 6.07) is 13.8. The smallest absolute Gasteiger partial charge is 0.0372 e. The molecule has 0 spiro atoms. The van der Waals surface area contributed by atoms with Gasteiger partial charge in [-0.3, -0.25) is 0 Å². The number of rotatable bonds is 0. The van der Waals surface area contributed by atoms with Gasteiger partial charge in [0.1, 0.15) is 0 Å². The summed E-state index contributed by atoms with van der Waals surface area (Å²) in [5.41, 5.74) is 3.30. The van der Waals surface area contributed by atoms with Crippen LogP contribution in [0.4, 0.5) is 0 Å². The molecule has 2 aromatic rings. The van der Waals surface area contributed by atoms with Crippen molar-refractivity contribution >= 4 is 10.8 Å². The first-order valence-electron chi connectivity index (χ1n) is 6.81. The lowest BCUT2D eigenvalue weighted by atomic mass is 9.77. The van der Waals surface area contributed by atoms with Crippen molar-refractivity contribution in [2.24, 2.45) is 5.41 Å². The number of nitrogens with one attached hydrogen (secondary N) is 1. The highest BCUT2D eigenvalue weighted by molar-refractivity contribution is 5.87. The third-order valence-electron chi connectivity index (χ3n) is 3.98. The standard InChI is InChI=1S/C17H21N/c1-17(2,3)16-15-9-8-12-6-4-5-7-13(12)14(15)10-11-18-16/h4-9,16,18H,10-11H2,1-3H3. The molecule has 1 heteroatoms. The Labute approximate surface area is 109 Å². The van der Waals surface area contributed by atoms with Gasteiger partial charge in [-0.15, -0.1) is 0 Å². The van der Waals surface area contributed by atoms with Crippen LogP contribution in [-0.2, 0) is 6.42 Å². The molecular formula is C17H21N. The van der Waals surface area contributed by atoms with Crippen LogP contribution in [0.5, 0.6) is 0 Å². The zero-order valence-corrected chi connectivity index (χ0v) is 11.5. The van der Waals surface area contributed by atoms with Gasteiger partial charge in [-0.05, 0) is 40.3 Å². The fraction of sp³-hybridized carbons (Fsp3) is 0.412. The summed E-state index contributed by atoms with van der Waals surface area (Å²) in [6.45, 7) is 8.03. The third kappa shape index (κ3) is 1.83. The van der Waals surface area contributed by atoms with E-state index in [4.69, 9.17) is 0 Å². The maximum atomic E-state index is 3.68. The molecule has 94 valence electrons. The summed E-state index contributed by atoms with van der Waals surface area (Å²) < 4.78 is 0. The molecule has 0 aromatic heterocycles. The van der Waals surface area contributed by atoms with Crippen LogP contribution in [0.2, 0.25) is 0 Å². The van der Waals surface area contributed by atoms with Crippen molar-refractivity contribution in [1.82, 2.24) is 5.32 Å². The predicted molar refractivity (Wildman–Crippen MR) is 77.9 cm³/mol. The van der Waals surface area contributed by atoms with Gasteiger partial charge in [0.2, 0.25) is 0 Å². The zero-order valence-electron chi connectivity index (χ0n) is 11.5. The van der Waals surface area contributed by atoms with Crippen molar-refractivity contribution in [3.63, 3.8) is 0 Å². The second kappa shape index (κ2) is 4.10. The van der Waals surface area contributed by atoms with Crippen LogP contribution in [0, 0.1) is 5.41 Å². The molecule has 1 aliphatic rings. The first-order valence-corrected chi connectivity index (χ1v) is 6.81. The molecule has 0 aliphatic carbocycles. The molecular weight excluding hydrogens is 218 g/mol. The van der Waals surface area contributed by atoms with Crippen LogP contribution in [0.25, 0.3) is 10.8 Å². The Hall–Kier alpha value is -1.34. The average molecular weight is 239 g/mol. The van der Waals surface area contributed by atoms with Crippen molar-refractivity contribution in [3.8, 4) is 0 Å². The molecule has 0 saturated heterocycles. The van der Waals surface area contributed by atoms with Crippen molar-refractivity contribution < 1.29 is 0 Å². The molecule has 1 nitrogen and oxygen atoms in total. The van der Waals surface area contributed by atoms with Gasteiger partial charge in [0, 0.05) is 6.04 Å². The summed E-state index contributed by atoms with van der Waals surface area (Å²) >= 11 is 0.